The molecule has 4 aromatic rings. The molecule has 8 heteroatoms. The van der Waals surface area contributed by atoms with Crippen molar-refractivity contribution in [3.8, 4) is 11.4 Å². The van der Waals surface area contributed by atoms with Crippen LogP contribution < -0.4 is 5.32 Å². The fraction of sp³-hybridized carbons (Fsp3) is 0.0500. The van der Waals surface area contributed by atoms with Crippen LogP contribution in [0.4, 0.5) is 5.69 Å². The maximum atomic E-state index is 12.7. The maximum absolute atomic E-state index is 12.7. The number of amides is 1. The van der Waals surface area contributed by atoms with Crippen molar-refractivity contribution in [2.24, 2.45) is 0 Å². The van der Waals surface area contributed by atoms with Crippen molar-refractivity contribution in [3.63, 3.8) is 0 Å². The first-order chi connectivity index (χ1) is 13.4. The van der Waals surface area contributed by atoms with E-state index in [4.69, 9.17) is 0 Å². The van der Waals surface area contributed by atoms with Gasteiger partial charge >= 0.3 is 0 Å². The van der Waals surface area contributed by atoms with Gasteiger partial charge in [0.2, 0.25) is 0 Å². The van der Waals surface area contributed by atoms with Crippen molar-refractivity contribution in [1.29, 1.82) is 0 Å². The summed E-state index contributed by atoms with van der Waals surface area (Å²) in [7, 11) is -3.26. The van der Waals surface area contributed by atoms with Crippen LogP contribution in [0.1, 0.15) is 10.4 Å². The van der Waals surface area contributed by atoms with Crippen LogP contribution in [0.5, 0.6) is 0 Å². The van der Waals surface area contributed by atoms with Crippen LogP contribution in [0.2, 0.25) is 0 Å². The van der Waals surface area contributed by atoms with E-state index in [1.165, 1.54) is 12.1 Å². The number of nitrogens with zero attached hydrogens (tertiary/aromatic N) is 2. The smallest absolute Gasteiger partial charge is 0.257 e. The Morgan fingerprint density at radius 2 is 1.82 bits per heavy atom. The van der Waals surface area contributed by atoms with E-state index in [1.807, 2.05) is 6.07 Å². The number of hydrogen-bond acceptors (Lipinski definition) is 5. The standard InChI is InChI=1S/C20H16N4O3S/c1-28(26,27)15-9-7-13(8-10-15)19-23-17-6-2-5-16(18(17)24-19)20(25)22-14-4-3-11-21-12-14/h2-12H,1H3,(H,22,25)(H,23,24). The number of aromatic amines is 1. The molecule has 0 unspecified atom stereocenters. The third kappa shape index (κ3) is 3.49. The zero-order valence-electron chi connectivity index (χ0n) is 14.9. The second-order valence-electron chi connectivity index (χ2n) is 6.28. The summed E-state index contributed by atoms with van der Waals surface area (Å²) >= 11 is 0. The van der Waals surface area contributed by atoms with Gasteiger partial charge in [0.15, 0.2) is 9.84 Å². The summed E-state index contributed by atoms with van der Waals surface area (Å²) in [5, 5.41) is 2.80. The summed E-state index contributed by atoms with van der Waals surface area (Å²) in [6.45, 7) is 0. The number of imidazole rings is 1. The van der Waals surface area contributed by atoms with Crippen LogP contribution in [0.25, 0.3) is 22.4 Å². The number of sulfone groups is 1. The van der Waals surface area contributed by atoms with E-state index in [1.54, 1.807) is 48.8 Å². The van der Waals surface area contributed by atoms with Gasteiger partial charge in [-0.2, -0.15) is 0 Å². The lowest BCUT2D eigenvalue weighted by atomic mass is 10.1. The molecule has 0 saturated carbocycles. The van der Waals surface area contributed by atoms with Gasteiger partial charge in [-0.15, -0.1) is 0 Å². The van der Waals surface area contributed by atoms with Crippen LogP contribution in [-0.2, 0) is 9.84 Å². The average molecular weight is 392 g/mol. The predicted molar refractivity (Wildman–Crippen MR) is 107 cm³/mol. The number of carbonyl (C=O) groups is 1. The average Bonchev–Trinajstić information content (AvgIpc) is 3.12. The molecule has 0 fully saturated rings. The Bertz CT molecular complexity index is 1260. The highest BCUT2D eigenvalue weighted by molar-refractivity contribution is 7.90. The summed E-state index contributed by atoms with van der Waals surface area (Å²) in [6, 6.07) is 15.2. The fourth-order valence-corrected chi connectivity index (χ4v) is 3.48. The highest BCUT2D eigenvalue weighted by atomic mass is 32.2. The Hall–Kier alpha value is -3.52. The van der Waals surface area contributed by atoms with E-state index >= 15 is 0 Å². The highest BCUT2D eigenvalue weighted by Crippen LogP contribution is 2.24. The summed E-state index contributed by atoms with van der Waals surface area (Å²) in [6.07, 6.45) is 4.36. The Kier molecular flexibility index (Phi) is 4.40. The molecule has 0 aliphatic rings. The Balaban J connectivity index is 1.70. The number of pyridine rings is 1. The number of rotatable bonds is 4. The predicted octanol–water partition coefficient (Wildman–Crippen LogP) is 3.28. The molecule has 2 N–H and O–H groups in total. The Morgan fingerprint density at radius 1 is 1.04 bits per heavy atom. The van der Waals surface area contributed by atoms with E-state index in [0.29, 0.717) is 28.1 Å². The topological polar surface area (TPSA) is 105 Å². The third-order valence-electron chi connectivity index (χ3n) is 4.23. The van der Waals surface area contributed by atoms with Crippen molar-refractivity contribution in [1.82, 2.24) is 15.0 Å². The molecule has 0 atom stereocenters. The number of para-hydroxylation sites is 1. The molecule has 0 spiro atoms. The molecule has 0 aliphatic heterocycles. The molecule has 2 aromatic carbocycles. The van der Waals surface area contributed by atoms with E-state index in [-0.39, 0.29) is 10.8 Å². The monoisotopic (exact) mass is 392 g/mol. The molecule has 2 heterocycles. The zero-order chi connectivity index (χ0) is 19.7. The zero-order valence-corrected chi connectivity index (χ0v) is 15.7. The van der Waals surface area contributed by atoms with E-state index in [2.05, 4.69) is 20.3 Å². The van der Waals surface area contributed by atoms with Crippen molar-refractivity contribution < 1.29 is 13.2 Å². The number of hydrogen-bond donors (Lipinski definition) is 2. The van der Waals surface area contributed by atoms with Crippen molar-refractivity contribution in [2.75, 3.05) is 11.6 Å². The number of anilines is 1. The van der Waals surface area contributed by atoms with Crippen LogP contribution >= 0.6 is 0 Å². The Morgan fingerprint density at radius 3 is 2.50 bits per heavy atom. The summed E-state index contributed by atoms with van der Waals surface area (Å²) in [5.74, 6) is 0.265. The largest absolute Gasteiger partial charge is 0.338 e. The molecule has 0 aliphatic carbocycles. The number of H-pyrrole nitrogens is 1. The highest BCUT2D eigenvalue weighted by Gasteiger charge is 2.15. The van der Waals surface area contributed by atoms with E-state index < -0.39 is 9.84 Å². The number of fused-ring (bicyclic) bond motifs is 1. The minimum Gasteiger partial charge on any atom is -0.338 e. The number of aromatic nitrogens is 3. The van der Waals surface area contributed by atoms with Gasteiger partial charge in [-0.3, -0.25) is 9.78 Å². The van der Waals surface area contributed by atoms with Crippen LogP contribution in [0, 0.1) is 0 Å². The first kappa shape index (κ1) is 17.9. The fourth-order valence-electron chi connectivity index (χ4n) is 2.85. The minimum atomic E-state index is -3.26. The van der Waals surface area contributed by atoms with Gasteiger partial charge in [0.1, 0.15) is 11.3 Å². The molecule has 0 radical (unpaired) electrons. The van der Waals surface area contributed by atoms with Crippen LogP contribution in [-0.4, -0.2) is 35.5 Å². The first-order valence-electron chi connectivity index (χ1n) is 8.42. The lowest BCUT2D eigenvalue weighted by Gasteiger charge is -2.04. The molecule has 4 rings (SSSR count). The molecule has 140 valence electrons. The van der Waals surface area contributed by atoms with E-state index in [0.717, 1.165) is 11.8 Å². The Labute approximate surface area is 161 Å². The molecule has 28 heavy (non-hydrogen) atoms. The molecule has 7 nitrogen and oxygen atoms in total. The molecule has 1 amide bonds. The van der Waals surface area contributed by atoms with Gasteiger partial charge in [-0.25, -0.2) is 13.4 Å². The molecule has 0 saturated heterocycles. The normalized spacial score (nSPS) is 11.5. The quantitative estimate of drug-likeness (QED) is 0.554. The van der Waals surface area contributed by atoms with Gasteiger partial charge in [-0.05, 0) is 48.5 Å². The first-order valence-corrected chi connectivity index (χ1v) is 10.3. The molecular formula is C20H16N4O3S. The third-order valence-corrected chi connectivity index (χ3v) is 5.36. The lowest BCUT2D eigenvalue weighted by Crippen LogP contribution is -2.12. The lowest BCUT2D eigenvalue weighted by molar-refractivity contribution is 0.102. The molecule has 0 bridgehead atoms. The maximum Gasteiger partial charge on any atom is 0.257 e. The van der Waals surface area contributed by atoms with Crippen molar-refractivity contribution >= 4 is 32.5 Å². The van der Waals surface area contributed by atoms with E-state index in [9.17, 15) is 13.2 Å². The van der Waals surface area contributed by atoms with Gasteiger partial charge in [0, 0.05) is 18.0 Å². The van der Waals surface area contributed by atoms with Gasteiger partial charge < -0.3 is 10.3 Å². The number of nitrogens with one attached hydrogen (secondary N) is 2. The molecular weight excluding hydrogens is 376 g/mol. The van der Waals surface area contributed by atoms with Gasteiger partial charge in [0.25, 0.3) is 5.91 Å². The molecule has 2 aromatic heterocycles. The second kappa shape index (κ2) is 6.90. The minimum absolute atomic E-state index is 0.240. The summed E-state index contributed by atoms with van der Waals surface area (Å²) in [5.41, 5.74) is 2.99. The number of benzene rings is 2. The van der Waals surface area contributed by atoms with Crippen molar-refractivity contribution in [2.45, 2.75) is 4.90 Å². The number of carbonyl (C=O) groups excluding carboxylic acids is 1. The van der Waals surface area contributed by atoms with Crippen LogP contribution in [0.15, 0.2) is 71.9 Å². The van der Waals surface area contributed by atoms with Gasteiger partial charge in [-0.1, -0.05) is 6.07 Å². The summed E-state index contributed by atoms with van der Waals surface area (Å²) in [4.78, 5) is 24.6. The second-order valence-corrected chi connectivity index (χ2v) is 8.30. The summed E-state index contributed by atoms with van der Waals surface area (Å²) < 4.78 is 23.2. The van der Waals surface area contributed by atoms with Crippen LogP contribution in [0.3, 0.4) is 0 Å². The van der Waals surface area contributed by atoms with Crippen molar-refractivity contribution in [3.05, 3.63) is 72.6 Å². The van der Waals surface area contributed by atoms with Gasteiger partial charge in [0.05, 0.1) is 27.9 Å². The SMILES string of the molecule is CS(=O)(=O)c1ccc(-c2nc3c(C(=O)Nc4cccnc4)cccc3[nH]2)cc1.